The quantitative estimate of drug-likeness (QED) is 0.204. The van der Waals surface area contributed by atoms with Crippen molar-refractivity contribution in [2.45, 2.75) is 148 Å². The fourth-order valence-electron chi connectivity index (χ4n) is 8.26. The van der Waals surface area contributed by atoms with E-state index in [0.717, 1.165) is 0 Å². The van der Waals surface area contributed by atoms with Gasteiger partial charge in [0.2, 0.25) is 5.91 Å². The minimum atomic E-state index is -1.83. The van der Waals surface area contributed by atoms with E-state index in [1.807, 2.05) is 38.9 Å². The van der Waals surface area contributed by atoms with Gasteiger partial charge in [0.05, 0.1) is 43.3 Å². The number of esters is 1. The predicted molar refractivity (Wildman–Crippen MR) is 219 cm³/mol. The lowest BCUT2D eigenvalue weighted by molar-refractivity contribution is -0.296. The smallest absolute Gasteiger partial charge is 0.316 e. The molecule has 5 heterocycles. The molecule has 0 spiro atoms. The van der Waals surface area contributed by atoms with Crippen molar-refractivity contribution in [2.75, 3.05) is 27.3 Å². The number of rotatable bonds is 9. The normalized spacial score (nSPS) is 36.4. The fraction of sp³-hybridized carbons (Fsp3) is 0.698. The number of cyclic esters (lactones) is 1. The molecule has 17 nitrogen and oxygen atoms in total. The van der Waals surface area contributed by atoms with Gasteiger partial charge in [0.15, 0.2) is 17.8 Å². The van der Waals surface area contributed by atoms with Gasteiger partial charge in [0.25, 0.3) is 0 Å². The first-order valence-corrected chi connectivity index (χ1v) is 20.9. The molecule has 2 aromatic heterocycles. The molecule has 0 aliphatic carbocycles. The van der Waals surface area contributed by atoms with Crippen molar-refractivity contribution >= 4 is 29.1 Å². The summed E-state index contributed by atoms with van der Waals surface area (Å²) >= 11 is 0. The molecule has 3 saturated heterocycles. The van der Waals surface area contributed by atoms with Gasteiger partial charge in [0, 0.05) is 48.3 Å². The largest absolute Gasteiger partial charge is 0.459 e. The van der Waals surface area contributed by atoms with Gasteiger partial charge in [-0.2, -0.15) is 0 Å². The standard InChI is InChI=1S/C43H63N5O12/c1-11-34-43(8,53)35-18-31(46-36(49)12-2)24(3)19-42(7,55-23-29(22-54-35)47-56-21-28-13-14-30(44-20-28)33-15-16-45-60-33)39(26(5)37(50)27(6)40(52)58-34)59-41-38(51)32(48(9)10)17-25(4)57-41/h13-16,20,24-27,32,34-35,38-39,41,51,53H,11-12,17-19,21-23H2,1-10H3/b46-31?,47-29+/t24-,25-,26+,27-,32+,34-,35+,38-,39-,41+,42-,43-/m1/s1. The highest BCUT2D eigenvalue weighted by molar-refractivity contribution is 6.00. The summed E-state index contributed by atoms with van der Waals surface area (Å²) in [5, 5.41) is 32.1. The second kappa shape index (κ2) is 20.3. The van der Waals surface area contributed by atoms with Crippen molar-refractivity contribution in [3.05, 3.63) is 36.2 Å². The number of hydrogen-bond acceptors (Lipinski definition) is 16. The number of aliphatic hydroxyl groups is 2. The molecule has 3 aliphatic heterocycles. The average Bonchev–Trinajstić information content (AvgIpc) is 3.76. The number of Topliss-reactive ketones (excluding diaryl/α,β-unsaturated/α-hetero) is 1. The van der Waals surface area contributed by atoms with Gasteiger partial charge in [-0.3, -0.25) is 19.4 Å². The number of hydrogen-bond donors (Lipinski definition) is 2. The summed E-state index contributed by atoms with van der Waals surface area (Å²) in [6.07, 6.45) is -1.82. The average molecular weight is 842 g/mol. The Hall–Kier alpha value is -3.97. The molecule has 2 bridgehead atoms. The van der Waals surface area contributed by atoms with Crippen LogP contribution in [-0.2, 0) is 49.5 Å². The number of aliphatic hydroxyl groups excluding tert-OH is 1. The monoisotopic (exact) mass is 841 g/mol. The van der Waals surface area contributed by atoms with Crippen molar-refractivity contribution in [1.82, 2.24) is 15.0 Å². The molecule has 0 unspecified atom stereocenters. The van der Waals surface area contributed by atoms with Crippen LogP contribution in [0.1, 0.15) is 93.1 Å². The van der Waals surface area contributed by atoms with E-state index < -0.39 is 71.4 Å². The molecule has 332 valence electrons. The molecule has 1 amide bonds. The van der Waals surface area contributed by atoms with Crippen LogP contribution in [0.2, 0.25) is 0 Å². The van der Waals surface area contributed by atoms with Gasteiger partial charge >= 0.3 is 5.97 Å². The maximum atomic E-state index is 14.5. The Bertz CT molecular complexity index is 1820. The van der Waals surface area contributed by atoms with E-state index >= 15 is 0 Å². The van der Waals surface area contributed by atoms with Crippen molar-refractivity contribution in [1.29, 1.82) is 0 Å². The van der Waals surface area contributed by atoms with Gasteiger partial charge in [-0.05, 0) is 73.0 Å². The number of carbonyl (C=O) groups excluding carboxylic acids is 3. The van der Waals surface area contributed by atoms with Crippen molar-refractivity contribution < 1.29 is 57.6 Å². The van der Waals surface area contributed by atoms with Crippen molar-refractivity contribution in [3.63, 3.8) is 0 Å². The van der Waals surface area contributed by atoms with Gasteiger partial charge < -0.3 is 48.2 Å². The maximum absolute atomic E-state index is 14.5. The number of amides is 1. The number of ketones is 1. The van der Waals surface area contributed by atoms with Gasteiger partial charge in [0.1, 0.15) is 41.7 Å². The highest BCUT2D eigenvalue weighted by atomic mass is 16.7. The Morgan fingerprint density at radius 1 is 1.08 bits per heavy atom. The molecule has 0 saturated carbocycles. The number of fused-ring (bicyclic) bond motifs is 5. The van der Waals surface area contributed by atoms with Crippen molar-refractivity contribution in [2.24, 2.45) is 27.9 Å². The summed E-state index contributed by atoms with van der Waals surface area (Å²) in [5.74, 6) is -3.99. The molecule has 60 heavy (non-hydrogen) atoms. The summed E-state index contributed by atoms with van der Waals surface area (Å²) < 4.78 is 37.5. The molecule has 3 aliphatic rings. The zero-order chi connectivity index (χ0) is 43.9. The van der Waals surface area contributed by atoms with E-state index in [-0.39, 0.29) is 69.3 Å². The van der Waals surface area contributed by atoms with E-state index in [4.69, 9.17) is 33.0 Å². The third kappa shape index (κ3) is 11.1. The SMILES string of the molecule is CCC(=O)N=C1C[C@@H]2OC/C(=N\OCc3ccc(-c4ccno4)nc3)CO[C@](C)(C[C@H]1C)[C@H](O[C@@H]1O[C@H](C)C[C@H](N(C)C)[C@H]1O)[C@@H](C)C(=O)[C@@H](C)C(=O)O[C@H](CC)[C@@]2(C)O. The topological polar surface area (TPSA) is 214 Å². The number of carbonyl (C=O) groups is 3. The lowest BCUT2D eigenvalue weighted by Gasteiger charge is -2.47. The first-order valence-electron chi connectivity index (χ1n) is 20.9. The molecular weight excluding hydrogens is 778 g/mol. The van der Waals surface area contributed by atoms with Gasteiger partial charge in [-0.15, -0.1) is 0 Å². The Labute approximate surface area is 352 Å². The lowest BCUT2D eigenvalue weighted by Crippen LogP contribution is -2.59. The molecule has 2 aromatic rings. The van der Waals surface area contributed by atoms with E-state index in [9.17, 15) is 24.6 Å². The fourth-order valence-corrected chi connectivity index (χ4v) is 8.26. The zero-order valence-electron chi connectivity index (χ0n) is 36.5. The van der Waals surface area contributed by atoms with Crippen LogP contribution in [-0.4, -0.2) is 136 Å². The first kappa shape index (κ1) is 47.1. The van der Waals surface area contributed by atoms with Crippen molar-refractivity contribution in [3.8, 4) is 11.5 Å². The first-order chi connectivity index (χ1) is 28.4. The van der Waals surface area contributed by atoms with Crippen LogP contribution in [0.4, 0.5) is 0 Å². The Morgan fingerprint density at radius 2 is 1.83 bits per heavy atom. The number of likely N-dealkylation sites (N-methyl/N-ethyl adjacent to an activating group) is 1. The number of nitrogens with zero attached hydrogens (tertiary/aromatic N) is 5. The minimum absolute atomic E-state index is 0.0244. The highest BCUT2D eigenvalue weighted by Gasteiger charge is 2.51. The Kier molecular flexibility index (Phi) is 15.9. The summed E-state index contributed by atoms with van der Waals surface area (Å²) in [7, 11) is 3.73. The number of ether oxygens (including phenoxy) is 5. The summed E-state index contributed by atoms with van der Waals surface area (Å²) in [6, 6.07) is 4.97. The Morgan fingerprint density at radius 3 is 2.47 bits per heavy atom. The molecule has 5 rings (SSSR count). The summed E-state index contributed by atoms with van der Waals surface area (Å²) in [4.78, 5) is 58.1. The van der Waals surface area contributed by atoms with E-state index in [2.05, 4.69) is 20.3 Å². The number of aliphatic imine (C=N–C) groups is 1. The van der Waals surface area contributed by atoms with Crippen LogP contribution in [0.25, 0.3) is 11.5 Å². The number of oxime groups is 1. The Balaban J connectivity index is 1.62. The summed E-state index contributed by atoms with van der Waals surface area (Å²) in [6.45, 7) is 13.3. The zero-order valence-corrected chi connectivity index (χ0v) is 36.5. The second-order valence-corrected chi connectivity index (χ2v) is 17.0. The van der Waals surface area contributed by atoms with Gasteiger partial charge in [-0.1, -0.05) is 44.1 Å². The molecule has 0 radical (unpaired) electrons. The second-order valence-electron chi connectivity index (χ2n) is 17.0. The molecule has 17 heteroatoms. The molecule has 12 atom stereocenters. The van der Waals surface area contributed by atoms with E-state index in [0.29, 0.717) is 29.2 Å². The minimum Gasteiger partial charge on any atom is -0.459 e. The van der Waals surface area contributed by atoms with Crippen LogP contribution in [0.3, 0.4) is 0 Å². The van der Waals surface area contributed by atoms with E-state index in [1.165, 1.54) is 20.0 Å². The predicted octanol–water partition coefficient (Wildman–Crippen LogP) is 4.32. The molecule has 3 fully saturated rings. The number of pyridine rings is 1. The van der Waals surface area contributed by atoms with Crippen LogP contribution in [0, 0.1) is 17.8 Å². The molecule has 2 N–H and O–H groups in total. The summed E-state index contributed by atoms with van der Waals surface area (Å²) in [5.41, 5.74) is -1.23. The number of aromatic nitrogens is 2. The van der Waals surface area contributed by atoms with Crippen LogP contribution >= 0.6 is 0 Å². The van der Waals surface area contributed by atoms with Crippen LogP contribution in [0.5, 0.6) is 0 Å². The molecule has 0 aromatic carbocycles. The lowest BCUT2D eigenvalue weighted by atomic mass is 9.76. The van der Waals surface area contributed by atoms with Gasteiger partial charge in [-0.25, -0.2) is 4.99 Å². The van der Waals surface area contributed by atoms with Crippen LogP contribution < -0.4 is 0 Å². The third-order valence-corrected chi connectivity index (χ3v) is 12.0. The van der Waals surface area contributed by atoms with E-state index in [1.54, 1.807) is 46.0 Å². The third-order valence-electron chi connectivity index (χ3n) is 12.0. The van der Waals surface area contributed by atoms with Crippen LogP contribution in [0.15, 0.2) is 45.3 Å². The molecular formula is C43H63N5O12. The highest BCUT2D eigenvalue weighted by Crippen LogP contribution is 2.39. The maximum Gasteiger partial charge on any atom is 0.316 e.